The number of nitrogen functional groups attached to an aromatic ring is 1. The van der Waals surface area contributed by atoms with E-state index in [2.05, 4.69) is 30.3 Å². The van der Waals surface area contributed by atoms with E-state index in [4.69, 9.17) is 5.73 Å². The van der Waals surface area contributed by atoms with Crippen LogP contribution in [-0.4, -0.2) is 14.7 Å². The second-order valence-electron chi connectivity index (χ2n) is 5.05. The number of hydrogen-bond acceptors (Lipinski definition) is 3. The van der Waals surface area contributed by atoms with Gasteiger partial charge >= 0.3 is 0 Å². The lowest BCUT2D eigenvalue weighted by molar-refractivity contribution is 0.213. The number of hydrogen-bond donors (Lipinski definition) is 2. The van der Waals surface area contributed by atoms with Gasteiger partial charge < -0.3 is 15.4 Å². The maximum absolute atomic E-state index is 9.62. The minimum Gasteiger partial charge on any atom is -0.399 e. The van der Waals surface area contributed by atoms with Crippen molar-refractivity contribution in [2.45, 2.75) is 52.2 Å². The van der Waals surface area contributed by atoms with E-state index < -0.39 is 0 Å². The van der Waals surface area contributed by atoms with Gasteiger partial charge in [-0.2, -0.15) is 0 Å². The Balaban J connectivity index is 2.76. The van der Waals surface area contributed by atoms with Crippen LogP contribution in [0.3, 0.4) is 0 Å². The Morgan fingerprint density at radius 3 is 2.37 bits per heavy atom. The fourth-order valence-electron chi connectivity index (χ4n) is 3.01. The maximum atomic E-state index is 9.62. The summed E-state index contributed by atoms with van der Waals surface area (Å²) in [7, 11) is 0. The smallest absolute Gasteiger partial charge is 0.136 e. The maximum Gasteiger partial charge on any atom is 0.136 e. The quantitative estimate of drug-likeness (QED) is 0.813. The predicted octanol–water partition coefficient (Wildman–Crippen LogP) is 3.04. The van der Waals surface area contributed by atoms with Crippen molar-refractivity contribution < 1.29 is 5.11 Å². The van der Waals surface area contributed by atoms with Crippen molar-refractivity contribution in [3.8, 4) is 0 Å². The molecule has 0 aliphatic heterocycles. The Morgan fingerprint density at radius 1 is 1.21 bits per heavy atom. The number of aliphatic hydroxyl groups is 1. The molecular formula is C15H23N3O. The third kappa shape index (κ3) is 2.10. The van der Waals surface area contributed by atoms with E-state index in [1.165, 1.54) is 0 Å². The fraction of sp³-hybridized carbons (Fsp3) is 0.533. The first kappa shape index (κ1) is 13.9. The van der Waals surface area contributed by atoms with Gasteiger partial charge in [-0.1, -0.05) is 20.8 Å². The molecule has 3 N–H and O–H groups in total. The average molecular weight is 261 g/mol. The number of aromatic nitrogens is 2. The highest BCUT2D eigenvalue weighted by atomic mass is 16.3. The summed E-state index contributed by atoms with van der Waals surface area (Å²) in [6.45, 7) is 6.53. The standard InChI is InChI=1S/C15H23N3O/c1-4-15(5-2,6-3)18-13-8-7-11(16)9-12(13)17-14(18)10-19/h7-9,19H,4-6,10,16H2,1-3H3. The number of nitrogens with two attached hydrogens (primary N) is 1. The van der Waals surface area contributed by atoms with Crippen LogP contribution in [-0.2, 0) is 12.1 Å². The first-order valence-corrected chi connectivity index (χ1v) is 7.00. The highest BCUT2D eigenvalue weighted by Crippen LogP contribution is 2.34. The summed E-state index contributed by atoms with van der Waals surface area (Å²) < 4.78 is 2.21. The van der Waals surface area contributed by atoms with Crippen LogP contribution in [0.2, 0.25) is 0 Å². The zero-order valence-corrected chi connectivity index (χ0v) is 12.0. The van der Waals surface area contributed by atoms with Crippen LogP contribution in [0.4, 0.5) is 5.69 Å². The lowest BCUT2D eigenvalue weighted by Crippen LogP contribution is -2.33. The van der Waals surface area contributed by atoms with Crippen LogP contribution in [0.15, 0.2) is 18.2 Å². The topological polar surface area (TPSA) is 64.1 Å². The molecule has 1 aromatic heterocycles. The Bertz CT molecular complexity index is 562. The predicted molar refractivity (Wildman–Crippen MR) is 78.9 cm³/mol. The highest BCUT2D eigenvalue weighted by Gasteiger charge is 2.30. The van der Waals surface area contributed by atoms with E-state index in [-0.39, 0.29) is 12.1 Å². The van der Waals surface area contributed by atoms with Gasteiger partial charge in [-0.3, -0.25) is 0 Å². The monoisotopic (exact) mass is 261 g/mol. The third-order valence-corrected chi connectivity index (χ3v) is 4.34. The summed E-state index contributed by atoms with van der Waals surface area (Å²) in [4.78, 5) is 4.53. The van der Waals surface area contributed by atoms with E-state index in [0.29, 0.717) is 5.69 Å². The zero-order chi connectivity index (χ0) is 14.0. The Hall–Kier alpha value is -1.55. The van der Waals surface area contributed by atoms with Crippen molar-refractivity contribution in [2.75, 3.05) is 5.73 Å². The van der Waals surface area contributed by atoms with Gasteiger partial charge in [-0.15, -0.1) is 0 Å². The minimum absolute atomic E-state index is 0.0168. The largest absolute Gasteiger partial charge is 0.399 e. The van der Waals surface area contributed by atoms with Crippen molar-refractivity contribution >= 4 is 16.7 Å². The van der Waals surface area contributed by atoms with Gasteiger partial charge in [0.1, 0.15) is 12.4 Å². The number of fused-ring (bicyclic) bond motifs is 1. The number of rotatable bonds is 5. The molecule has 0 amide bonds. The molecule has 4 nitrogen and oxygen atoms in total. The number of nitrogens with zero attached hydrogens (tertiary/aromatic N) is 2. The molecule has 2 aromatic rings. The van der Waals surface area contributed by atoms with Crippen LogP contribution in [0, 0.1) is 0 Å². The molecule has 0 radical (unpaired) electrons. The summed E-state index contributed by atoms with van der Waals surface area (Å²) in [6, 6.07) is 5.77. The van der Waals surface area contributed by atoms with Gasteiger partial charge in [0.25, 0.3) is 0 Å². The summed E-state index contributed by atoms with van der Waals surface area (Å²) in [6.07, 6.45) is 3.05. The van der Waals surface area contributed by atoms with Crippen LogP contribution in [0.25, 0.3) is 11.0 Å². The number of benzene rings is 1. The van der Waals surface area contributed by atoms with Gasteiger partial charge in [0.2, 0.25) is 0 Å². The van der Waals surface area contributed by atoms with Crippen molar-refractivity contribution in [3.05, 3.63) is 24.0 Å². The van der Waals surface area contributed by atoms with Gasteiger partial charge in [0.15, 0.2) is 0 Å². The molecule has 1 heterocycles. The summed E-state index contributed by atoms with van der Waals surface area (Å²) in [5.41, 5.74) is 8.47. The van der Waals surface area contributed by atoms with E-state index in [1.807, 2.05) is 18.2 Å². The van der Waals surface area contributed by atoms with Gasteiger partial charge in [-0.25, -0.2) is 4.98 Å². The SMILES string of the molecule is CCC(CC)(CC)n1c(CO)nc2cc(N)ccc21. The van der Waals surface area contributed by atoms with E-state index in [9.17, 15) is 5.11 Å². The Kier molecular flexibility index (Phi) is 3.80. The zero-order valence-electron chi connectivity index (χ0n) is 12.0. The summed E-state index contributed by atoms with van der Waals surface area (Å²) >= 11 is 0. The van der Waals surface area contributed by atoms with Crippen molar-refractivity contribution in [3.63, 3.8) is 0 Å². The highest BCUT2D eigenvalue weighted by molar-refractivity contribution is 5.80. The Labute approximate surface area is 114 Å². The van der Waals surface area contributed by atoms with Crippen molar-refractivity contribution in [1.29, 1.82) is 0 Å². The number of aliphatic hydroxyl groups excluding tert-OH is 1. The molecule has 0 bridgehead atoms. The molecule has 19 heavy (non-hydrogen) atoms. The molecule has 0 spiro atoms. The molecule has 1 aromatic carbocycles. The summed E-state index contributed by atoms with van der Waals surface area (Å²) in [5.74, 6) is 0.728. The molecule has 0 saturated heterocycles. The van der Waals surface area contributed by atoms with Crippen LogP contribution in [0.5, 0.6) is 0 Å². The fourth-order valence-corrected chi connectivity index (χ4v) is 3.01. The second kappa shape index (κ2) is 5.21. The molecule has 4 heteroatoms. The molecule has 104 valence electrons. The minimum atomic E-state index is -0.0453. The molecule has 0 atom stereocenters. The molecule has 0 aliphatic rings. The lowest BCUT2D eigenvalue weighted by atomic mass is 9.89. The van der Waals surface area contributed by atoms with Crippen LogP contribution >= 0.6 is 0 Å². The first-order chi connectivity index (χ1) is 9.11. The number of imidazole rings is 1. The molecule has 0 fully saturated rings. The van der Waals surface area contributed by atoms with Gasteiger partial charge in [0, 0.05) is 11.2 Å². The molecule has 0 saturated carbocycles. The first-order valence-electron chi connectivity index (χ1n) is 7.00. The third-order valence-electron chi connectivity index (χ3n) is 4.34. The van der Waals surface area contributed by atoms with Crippen molar-refractivity contribution in [2.24, 2.45) is 0 Å². The van der Waals surface area contributed by atoms with Crippen LogP contribution < -0.4 is 5.73 Å². The normalized spacial score (nSPS) is 12.2. The summed E-state index contributed by atoms with van der Waals surface area (Å²) in [5, 5.41) is 9.62. The van der Waals surface area contributed by atoms with Gasteiger partial charge in [0.05, 0.1) is 11.0 Å². The van der Waals surface area contributed by atoms with E-state index in [1.54, 1.807) is 0 Å². The van der Waals surface area contributed by atoms with Crippen LogP contribution in [0.1, 0.15) is 45.9 Å². The molecule has 0 unspecified atom stereocenters. The molecular weight excluding hydrogens is 238 g/mol. The average Bonchev–Trinajstić information content (AvgIpc) is 2.80. The second-order valence-corrected chi connectivity index (χ2v) is 5.05. The number of anilines is 1. The van der Waals surface area contributed by atoms with E-state index in [0.717, 1.165) is 36.1 Å². The molecule has 0 aliphatic carbocycles. The Morgan fingerprint density at radius 2 is 1.84 bits per heavy atom. The lowest BCUT2D eigenvalue weighted by Gasteiger charge is -2.34. The molecule has 2 rings (SSSR count). The van der Waals surface area contributed by atoms with E-state index >= 15 is 0 Å². The van der Waals surface area contributed by atoms with Gasteiger partial charge in [-0.05, 0) is 37.5 Å². The van der Waals surface area contributed by atoms with Crippen molar-refractivity contribution in [1.82, 2.24) is 9.55 Å².